The number of nitrogens with zero attached hydrogens (tertiary/aromatic N) is 1. The van der Waals surface area contributed by atoms with Gasteiger partial charge in [0.1, 0.15) is 12.3 Å². The fourth-order valence-electron chi connectivity index (χ4n) is 3.99. The Morgan fingerprint density at radius 1 is 1.22 bits per heavy atom. The summed E-state index contributed by atoms with van der Waals surface area (Å²) in [6.45, 7) is 9.63. The Morgan fingerprint density at radius 2 is 1.91 bits per heavy atom. The van der Waals surface area contributed by atoms with Gasteiger partial charge in [0.05, 0.1) is 6.42 Å². The highest BCUT2D eigenvalue weighted by Crippen LogP contribution is 2.37. The normalized spacial score (nSPS) is 19.7. The molecule has 180 valence electrons. The molecular weight excluding hydrogens is 408 g/mol. The van der Waals surface area contributed by atoms with Crippen LogP contribution in [0.25, 0.3) is 0 Å². The number of carbonyl (C=O) groups excluding carboxylic acids is 2. The highest BCUT2D eigenvalue weighted by molar-refractivity contribution is 5.86. The number of likely N-dealkylation sites (tertiary alicyclic amines) is 1. The molecule has 2 atom stereocenters. The highest BCUT2D eigenvalue weighted by Gasteiger charge is 2.33. The molecule has 0 aliphatic carbocycles. The monoisotopic (exact) mass is 448 g/mol. The molecule has 0 spiro atoms. The maximum atomic E-state index is 12.3. The van der Waals surface area contributed by atoms with Crippen LogP contribution < -0.4 is 10.1 Å². The number of hydrogen-bond acceptors (Lipinski definition) is 5. The molecule has 32 heavy (non-hydrogen) atoms. The van der Waals surface area contributed by atoms with E-state index in [1.54, 1.807) is 13.0 Å². The molecule has 0 aromatic heterocycles. The summed E-state index contributed by atoms with van der Waals surface area (Å²) in [4.78, 5) is 37.0. The molecule has 1 saturated heterocycles. The summed E-state index contributed by atoms with van der Waals surface area (Å²) in [5.74, 6) is -2.31. The number of carboxylic acids is 1. The van der Waals surface area contributed by atoms with E-state index in [0.717, 1.165) is 25.9 Å². The summed E-state index contributed by atoms with van der Waals surface area (Å²) < 4.78 is 5.49. The number of hydrogen-bond donors (Lipinski definition) is 2. The Balaban J connectivity index is 0.00000161. The molecule has 1 aliphatic rings. The Bertz CT molecular complexity index is 752. The zero-order valence-electron chi connectivity index (χ0n) is 20.3. The average molecular weight is 449 g/mol. The first kappa shape index (κ1) is 27.6. The van der Waals surface area contributed by atoms with E-state index in [4.69, 9.17) is 9.84 Å². The van der Waals surface area contributed by atoms with Gasteiger partial charge >= 0.3 is 11.9 Å². The number of aliphatic carboxylic acids is 1. The third-order valence-electron chi connectivity index (χ3n) is 5.71. The highest BCUT2D eigenvalue weighted by atomic mass is 16.5. The second-order valence-corrected chi connectivity index (χ2v) is 8.75. The summed E-state index contributed by atoms with van der Waals surface area (Å²) in [6, 6.07) is 7.70. The van der Waals surface area contributed by atoms with Crippen molar-refractivity contribution in [2.45, 2.75) is 71.6 Å². The van der Waals surface area contributed by atoms with Crippen molar-refractivity contribution in [2.75, 3.05) is 26.7 Å². The molecule has 2 rings (SSSR count). The maximum Gasteiger partial charge on any atom is 0.322 e. The molecule has 7 heteroatoms. The van der Waals surface area contributed by atoms with Gasteiger partial charge in [0.15, 0.2) is 0 Å². The van der Waals surface area contributed by atoms with Crippen molar-refractivity contribution in [3.63, 3.8) is 0 Å². The van der Waals surface area contributed by atoms with Crippen molar-refractivity contribution in [3.05, 3.63) is 29.8 Å². The van der Waals surface area contributed by atoms with Crippen LogP contribution in [0.15, 0.2) is 24.3 Å². The van der Waals surface area contributed by atoms with Crippen LogP contribution in [0, 0.1) is 5.92 Å². The molecule has 1 amide bonds. The zero-order valence-corrected chi connectivity index (χ0v) is 20.3. The van der Waals surface area contributed by atoms with Crippen LogP contribution in [0.4, 0.5) is 0 Å². The average Bonchev–Trinajstić information content (AvgIpc) is 2.94. The summed E-state index contributed by atoms with van der Waals surface area (Å²) in [7, 11) is 2.15. The number of likely N-dealkylation sites (N-methyl/N-ethyl adjacent to an activating group) is 1. The Morgan fingerprint density at radius 3 is 2.53 bits per heavy atom. The van der Waals surface area contributed by atoms with Crippen LogP contribution >= 0.6 is 0 Å². The van der Waals surface area contributed by atoms with Crippen molar-refractivity contribution in [1.29, 1.82) is 0 Å². The zero-order chi connectivity index (χ0) is 24.1. The summed E-state index contributed by atoms with van der Waals surface area (Å²) in [5, 5.41) is 10.9. The Labute approximate surface area is 192 Å². The van der Waals surface area contributed by atoms with Gasteiger partial charge in [0, 0.05) is 17.9 Å². The lowest BCUT2D eigenvalue weighted by Gasteiger charge is -2.35. The van der Waals surface area contributed by atoms with E-state index in [1.807, 2.05) is 12.1 Å². The van der Waals surface area contributed by atoms with Crippen LogP contribution in [0.2, 0.25) is 0 Å². The number of esters is 1. The lowest BCUT2D eigenvalue weighted by Crippen LogP contribution is -2.37. The van der Waals surface area contributed by atoms with E-state index in [0.29, 0.717) is 5.75 Å². The SMILES string of the molecule is CCC.CCC1(c2cccc(OC(=O)CC(C)C(=O)NCC(=O)O)c2)CCCCN(C)C1. The first-order valence-electron chi connectivity index (χ1n) is 11.7. The van der Waals surface area contributed by atoms with E-state index in [1.165, 1.54) is 24.8 Å². The fraction of sp³-hybridized carbons (Fsp3) is 0.640. The summed E-state index contributed by atoms with van der Waals surface area (Å²) in [5.41, 5.74) is 1.21. The van der Waals surface area contributed by atoms with Crippen LogP contribution in [-0.2, 0) is 19.8 Å². The fourth-order valence-corrected chi connectivity index (χ4v) is 3.99. The Kier molecular flexibility index (Phi) is 12.0. The van der Waals surface area contributed by atoms with Crippen molar-refractivity contribution in [1.82, 2.24) is 10.2 Å². The van der Waals surface area contributed by atoms with Gasteiger partial charge in [0.25, 0.3) is 0 Å². The molecule has 2 unspecified atom stereocenters. The first-order chi connectivity index (χ1) is 15.2. The molecule has 1 fully saturated rings. The lowest BCUT2D eigenvalue weighted by molar-refractivity contribution is -0.140. The van der Waals surface area contributed by atoms with Gasteiger partial charge in [-0.05, 0) is 50.6 Å². The van der Waals surface area contributed by atoms with E-state index < -0.39 is 30.3 Å². The summed E-state index contributed by atoms with van der Waals surface area (Å²) >= 11 is 0. The lowest BCUT2D eigenvalue weighted by atomic mass is 9.74. The smallest absolute Gasteiger partial charge is 0.322 e. The predicted octanol–water partition coefficient (Wildman–Crippen LogP) is 4.00. The van der Waals surface area contributed by atoms with E-state index >= 15 is 0 Å². The number of carbonyl (C=O) groups is 3. The predicted molar refractivity (Wildman–Crippen MR) is 126 cm³/mol. The molecular formula is C25H40N2O5. The maximum absolute atomic E-state index is 12.3. The number of rotatable bonds is 8. The van der Waals surface area contributed by atoms with E-state index in [2.05, 4.69) is 44.1 Å². The van der Waals surface area contributed by atoms with Crippen molar-refractivity contribution in [2.24, 2.45) is 5.92 Å². The van der Waals surface area contributed by atoms with Crippen molar-refractivity contribution < 1.29 is 24.2 Å². The number of ether oxygens (including phenoxy) is 1. The van der Waals surface area contributed by atoms with Gasteiger partial charge < -0.3 is 20.1 Å². The van der Waals surface area contributed by atoms with Gasteiger partial charge in [-0.2, -0.15) is 0 Å². The minimum atomic E-state index is -1.13. The number of amides is 1. The molecule has 1 aromatic carbocycles. The molecule has 7 nitrogen and oxygen atoms in total. The summed E-state index contributed by atoms with van der Waals surface area (Å²) in [6.07, 6.45) is 5.61. The third kappa shape index (κ3) is 8.99. The molecule has 2 N–H and O–H groups in total. The van der Waals surface area contributed by atoms with Crippen LogP contribution in [-0.4, -0.2) is 54.5 Å². The largest absolute Gasteiger partial charge is 0.480 e. The van der Waals surface area contributed by atoms with Crippen LogP contribution in [0.5, 0.6) is 5.75 Å². The molecule has 1 aliphatic heterocycles. The molecule has 0 saturated carbocycles. The third-order valence-corrected chi connectivity index (χ3v) is 5.71. The molecule has 0 bridgehead atoms. The van der Waals surface area contributed by atoms with Gasteiger partial charge in [-0.25, -0.2) is 0 Å². The Hall–Kier alpha value is -2.41. The van der Waals surface area contributed by atoms with Gasteiger partial charge in [-0.15, -0.1) is 0 Å². The topological polar surface area (TPSA) is 95.9 Å². The minimum absolute atomic E-state index is 0.0394. The van der Waals surface area contributed by atoms with E-state index in [-0.39, 0.29) is 11.8 Å². The van der Waals surface area contributed by atoms with Crippen LogP contribution in [0.1, 0.15) is 71.8 Å². The quantitative estimate of drug-likeness (QED) is 0.461. The molecule has 1 aromatic rings. The van der Waals surface area contributed by atoms with Crippen LogP contribution in [0.3, 0.4) is 0 Å². The standard InChI is InChI=1S/C22H32N2O5.C3H8/c1-4-22(10-5-6-11-24(3)15-22)17-8-7-9-18(13-17)29-20(27)12-16(2)21(28)23-14-19(25)26;1-3-2/h7-9,13,16H,4-6,10-12,14-15H2,1-3H3,(H,23,28)(H,25,26);3H2,1-2H3. The second kappa shape index (κ2) is 13.9. The van der Waals surface area contributed by atoms with Gasteiger partial charge in [-0.3, -0.25) is 14.4 Å². The first-order valence-corrected chi connectivity index (χ1v) is 11.7. The van der Waals surface area contributed by atoms with E-state index in [9.17, 15) is 14.4 Å². The van der Waals surface area contributed by atoms with Crippen molar-refractivity contribution in [3.8, 4) is 5.75 Å². The number of benzene rings is 1. The molecule has 1 heterocycles. The molecule has 0 radical (unpaired) electrons. The van der Waals surface area contributed by atoms with Gasteiger partial charge in [0.2, 0.25) is 5.91 Å². The minimum Gasteiger partial charge on any atom is -0.480 e. The number of nitrogens with one attached hydrogen (secondary N) is 1. The number of carboxylic acid groups (broad SMARTS) is 1. The van der Waals surface area contributed by atoms with Crippen molar-refractivity contribution >= 4 is 17.8 Å². The van der Waals surface area contributed by atoms with Gasteiger partial charge in [-0.1, -0.05) is 52.7 Å². The second-order valence-electron chi connectivity index (χ2n) is 8.75.